The third-order valence-electron chi connectivity index (χ3n) is 4.00. The summed E-state index contributed by atoms with van der Waals surface area (Å²) in [5.41, 5.74) is 3.98. The lowest BCUT2D eigenvalue weighted by Crippen LogP contribution is -1.99. The van der Waals surface area contributed by atoms with Crippen molar-refractivity contribution in [1.29, 1.82) is 0 Å². The van der Waals surface area contributed by atoms with Gasteiger partial charge in [-0.1, -0.05) is 66.7 Å². The molecule has 0 atom stereocenters. The molecule has 0 aliphatic carbocycles. The minimum atomic E-state index is 0.634. The molecule has 0 bridgehead atoms. The molecule has 2 heterocycles. The lowest BCUT2D eigenvalue weighted by Gasteiger charge is -2.07. The summed E-state index contributed by atoms with van der Waals surface area (Å²) in [7, 11) is 0. The molecule has 0 amide bonds. The van der Waals surface area contributed by atoms with Crippen LogP contribution in [0, 0.1) is 6.92 Å². The first-order chi connectivity index (χ1) is 13.3. The van der Waals surface area contributed by atoms with Gasteiger partial charge in [-0.3, -0.25) is 5.10 Å². The Morgan fingerprint density at radius 2 is 1.56 bits per heavy atom. The van der Waals surface area contributed by atoms with Gasteiger partial charge in [0.2, 0.25) is 0 Å². The smallest absolute Gasteiger partial charge is 0.154 e. The molecular formula is C22H19N5. The number of aromatic amines is 1. The van der Waals surface area contributed by atoms with Crippen molar-refractivity contribution in [3.05, 3.63) is 89.9 Å². The van der Waals surface area contributed by atoms with Gasteiger partial charge in [-0.15, -0.1) is 0 Å². The van der Waals surface area contributed by atoms with Crippen LogP contribution in [0.15, 0.2) is 72.8 Å². The molecule has 4 aromatic rings. The third kappa shape index (κ3) is 4.27. The normalized spacial score (nSPS) is 11.0. The Kier molecular flexibility index (Phi) is 4.74. The Morgan fingerprint density at radius 3 is 2.26 bits per heavy atom. The summed E-state index contributed by atoms with van der Waals surface area (Å²) in [4.78, 5) is 9.32. The van der Waals surface area contributed by atoms with Gasteiger partial charge in [0.05, 0.1) is 5.69 Å². The lowest BCUT2D eigenvalue weighted by atomic mass is 10.1. The molecule has 132 valence electrons. The zero-order valence-electron chi connectivity index (χ0n) is 14.9. The van der Waals surface area contributed by atoms with E-state index < -0.39 is 0 Å². The van der Waals surface area contributed by atoms with E-state index in [0.717, 1.165) is 28.3 Å². The summed E-state index contributed by atoms with van der Waals surface area (Å²) in [5, 5.41) is 10.4. The van der Waals surface area contributed by atoms with Crippen molar-refractivity contribution in [1.82, 2.24) is 20.2 Å². The van der Waals surface area contributed by atoms with Gasteiger partial charge in [0.1, 0.15) is 5.82 Å². The molecule has 0 saturated heterocycles. The van der Waals surface area contributed by atoms with Gasteiger partial charge in [0, 0.05) is 23.4 Å². The number of nitrogens with zero attached hydrogens (tertiary/aromatic N) is 3. The average Bonchev–Trinajstić information content (AvgIpc) is 3.12. The van der Waals surface area contributed by atoms with Crippen molar-refractivity contribution < 1.29 is 0 Å². The lowest BCUT2D eigenvalue weighted by molar-refractivity contribution is 1.04. The van der Waals surface area contributed by atoms with E-state index in [0.29, 0.717) is 11.6 Å². The fourth-order valence-electron chi connectivity index (χ4n) is 2.71. The Bertz CT molecular complexity index is 1050. The Morgan fingerprint density at radius 1 is 0.815 bits per heavy atom. The van der Waals surface area contributed by atoms with Gasteiger partial charge in [-0.25, -0.2) is 9.97 Å². The SMILES string of the molecule is Cc1cc(Nc2cc(-c3ccccc3)nc(C=Cc3ccccc3)n2)n[nH]1. The Balaban J connectivity index is 1.71. The maximum absolute atomic E-state index is 4.70. The summed E-state index contributed by atoms with van der Waals surface area (Å²) in [5.74, 6) is 2.06. The molecule has 0 fully saturated rings. The first-order valence-corrected chi connectivity index (χ1v) is 8.73. The number of hydrogen-bond donors (Lipinski definition) is 2. The second-order valence-corrected chi connectivity index (χ2v) is 6.17. The van der Waals surface area contributed by atoms with Crippen LogP contribution in [-0.4, -0.2) is 20.2 Å². The monoisotopic (exact) mass is 353 g/mol. The fourth-order valence-corrected chi connectivity index (χ4v) is 2.71. The molecule has 0 spiro atoms. The second kappa shape index (κ2) is 7.66. The topological polar surface area (TPSA) is 66.5 Å². The van der Waals surface area contributed by atoms with E-state index in [-0.39, 0.29) is 0 Å². The quantitative estimate of drug-likeness (QED) is 0.524. The number of rotatable bonds is 5. The van der Waals surface area contributed by atoms with Crippen LogP contribution in [0.1, 0.15) is 17.1 Å². The maximum Gasteiger partial charge on any atom is 0.154 e. The number of nitrogens with one attached hydrogen (secondary N) is 2. The number of aryl methyl sites for hydroxylation is 1. The summed E-state index contributed by atoms with van der Waals surface area (Å²) in [6.07, 6.45) is 3.93. The van der Waals surface area contributed by atoms with Crippen LogP contribution in [-0.2, 0) is 0 Å². The highest BCUT2D eigenvalue weighted by molar-refractivity contribution is 5.71. The molecule has 0 saturated carbocycles. The van der Waals surface area contributed by atoms with Gasteiger partial charge in [0.15, 0.2) is 11.6 Å². The molecule has 2 aromatic carbocycles. The molecule has 0 radical (unpaired) electrons. The van der Waals surface area contributed by atoms with Crippen LogP contribution in [0.3, 0.4) is 0 Å². The molecule has 2 N–H and O–H groups in total. The molecular weight excluding hydrogens is 334 g/mol. The average molecular weight is 353 g/mol. The number of benzene rings is 2. The molecule has 5 nitrogen and oxygen atoms in total. The zero-order valence-corrected chi connectivity index (χ0v) is 14.9. The van der Waals surface area contributed by atoms with E-state index in [1.165, 1.54) is 0 Å². The van der Waals surface area contributed by atoms with E-state index >= 15 is 0 Å². The summed E-state index contributed by atoms with van der Waals surface area (Å²) in [6, 6.07) is 24.0. The molecule has 0 aliphatic rings. The molecule has 0 unspecified atom stereocenters. The van der Waals surface area contributed by atoms with E-state index in [1.54, 1.807) is 0 Å². The largest absolute Gasteiger partial charge is 0.323 e. The van der Waals surface area contributed by atoms with E-state index in [9.17, 15) is 0 Å². The molecule has 0 aliphatic heterocycles. The van der Waals surface area contributed by atoms with Gasteiger partial charge in [0.25, 0.3) is 0 Å². The highest BCUT2D eigenvalue weighted by Crippen LogP contribution is 2.22. The Labute approximate surface area is 157 Å². The van der Waals surface area contributed by atoms with Crippen molar-refractivity contribution in [3.63, 3.8) is 0 Å². The molecule has 4 rings (SSSR count). The van der Waals surface area contributed by atoms with Crippen LogP contribution >= 0.6 is 0 Å². The summed E-state index contributed by atoms with van der Waals surface area (Å²) in [6.45, 7) is 1.96. The van der Waals surface area contributed by atoms with Crippen LogP contribution < -0.4 is 5.32 Å². The number of anilines is 2. The van der Waals surface area contributed by atoms with E-state index in [4.69, 9.17) is 4.98 Å². The predicted molar refractivity (Wildman–Crippen MR) is 109 cm³/mol. The fraction of sp³-hybridized carbons (Fsp3) is 0.0455. The molecule has 5 heteroatoms. The number of aromatic nitrogens is 4. The van der Waals surface area contributed by atoms with Gasteiger partial charge in [-0.2, -0.15) is 5.10 Å². The highest BCUT2D eigenvalue weighted by atomic mass is 15.2. The summed E-state index contributed by atoms with van der Waals surface area (Å²) >= 11 is 0. The highest BCUT2D eigenvalue weighted by Gasteiger charge is 2.07. The van der Waals surface area contributed by atoms with Gasteiger partial charge >= 0.3 is 0 Å². The van der Waals surface area contributed by atoms with Crippen molar-refractivity contribution in [3.8, 4) is 11.3 Å². The van der Waals surface area contributed by atoms with Crippen LogP contribution in [0.2, 0.25) is 0 Å². The van der Waals surface area contributed by atoms with Gasteiger partial charge in [-0.05, 0) is 18.6 Å². The van der Waals surface area contributed by atoms with E-state index in [1.807, 2.05) is 91.9 Å². The van der Waals surface area contributed by atoms with Crippen LogP contribution in [0.5, 0.6) is 0 Å². The molecule has 27 heavy (non-hydrogen) atoms. The van der Waals surface area contributed by atoms with Crippen LogP contribution in [0.25, 0.3) is 23.4 Å². The first kappa shape index (κ1) is 16.7. The second-order valence-electron chi connectivity index (χ2n) is 6.17. The predicted octanol–water partition coefficient (Wildman–Crippen LogP) is 5.09. The Hall–Kier alpha value is -3.73. The van der Waals surface area contributed by atoms with E-state index in [2.05, 4.69) is 20.5 Å². The number of hydrogen-bond acceptors (Lipinski definition) is 4. The summed E-state index contributed by atoms with van der Waals surface area (Å²) < 4.78 is 0. The maximum atomic E-state index is 4.70. The van der Waals surface area contributed by atoms with Gasteiger partial charge < -0.3 is 5.32 Å². The van der Waals surface area contributed by atoms with Crippen molar-refractivity contribution in [2.75, 3.05) is 5.32 Å². The van der Waals surface area contributed by atoms with Crippen molar-refractivity contribution in [2.24, 2.45) is 0 Å². The number of H-pyrrole nitrogens is 1. The first-order valence-electron chi connectivity index (χ1n) is 8.73. The minimum absolute atomic E-state index is 0.634. The van der Waals surface area contributed by atoms with Crippen molar-refractivity contribution in [2.45, 2.75) is 6.92 Å². The minimum Gasteiger partial charge on any atom is -0.323 e. The standard InChI is InChI=1S/C22H19N5/c1-16-14-22(27-26-16)25-21-15-19(18-10-6-3-7-11-18)23-20(24-21)13-12-17-8-4-2-5-9-17/h2-15H,1H3,(H2,23,24,25,26,27). The third-order valence-corrected chi connectivity index (χ3v) is 4.00. The van der Waals surface area contributed by atoms with Crippen molar-refractivity contribution >= 4 is 23.8 Å². The molecule has 2 aromatic heterocycles. The zero-order chi connectivity index (χ0) is 18.5. The van der Waals surface area contributed by atoms with Crippen LogP contribution in [0.4, 0.5) is 11.6 Å².